The Labute approximate surface area is 195 Å². The van der Waals surface area contributed by atoms with Gasteiger partial charge in [-0.1, -0.05) is 42.3 Å². The van der Waals surface area contributed by atoms with E-state index < -0.39 is 10.0 Å². The summed E-state index contributed by atoms with van der Waals surface area (Å²) in [6.45, 7) is 4.65. The maximum absolute atomic E-state index is 13.0. The maximum Gasteiger partial charge on any atom is 0.253 e. The van der Waals surface area contributed by atoms with Gasteiger partial charge in [0.05, 0.1) is 15.5 Å². The van der Waals surface area contributed by atoms with Crippen LogP contribution in [0, 0.1) is 0 Å². The van der Waals surface area contributed by atoms with Gasteiger partial charge in [0.2, 0.25) is 10.0 Å². The van der Waals surface area contributed by atoms with Crippen molar-refractivity contribution in [3.05, 3.63) is 64.2 Å². The van der Waals surface area contributed by atoms with Gasteiger partial charge in [-0.3, -0.25) is 9.69 Å². The van der Waals surface area contributed by atoms with Gasteiger partial charge in [0.15, 0.2) is 0 Å². The first kappa shape index (κ1) is 23.2. The van der Waals surface area contributed by atoms with Gasteiger partial charge in [-0.15, -0.1) is 0 Å². The van der Waals surface area contributed by atoms with E-state index in [1.165, 1.54) is 40.9 Å². The first-order valence-electron chi connectivity index (χ1n) is 11.3. The second-order valence-corrected chi connectivity index (χ2v) is 10.9. The minimum Gasteiger partial charge on any atom is -0.348 e. The lowest BCUT2D eigenvalue weighted by atomic mass is 10.1. The third-order valence-corrected chi connectivity index (χ3v) is 8.44. The zero-order chi connectivity index (χ0) is 22.6. The van der Waals surface area contributed by atoms with Crippen LogP contribution in [0.2, 0.25) is 5.02 Å². The Morgan fingerprint density at radius 3 is 2.19 bits per heavy atom. The van der Waals surface area contributed by atoms with Crippen molar-refractivity contribution in [1.82, 2.24) is 14.5 Å². The molecule has 32 heavy (non-hydrogen) atoms. The average Bonchev–Trinajstić information content (AvgIpc) is 3.32. The summed E-state index contributed by atoms with van der Waals surface area (Å²) in [7, 11) is -3.63. The van der Waals surface area contributed by atoms with Crippen LogP contribution in [0.1, 0.15) is 53.6 Å². The monoisotopic (exact) mass is 475 g/mol. The predicted octanol–water partition coefficient (Wildman–Crippen LogP) is 4.04. The summed E-state index contributed by atoms with van der Waals surface area (Å²) >= 11 is 6.24. The minimum absolute atomic E-state index is 0.111. The minimum atomic E-state index is -3.63. The molecule has 2 aliphatic heterocycles. The largest absolute Gasteiger partial charge is 0.348 e. The Morgan fingerprint density at radius 2 is 1.50 bits per heavy atom. The standard InChI is InChI=1S/C24H30ClN3O3S/c25-23-11-10-21(32(30,31)28-14-2-1-3-15-28)16-22(23)24(29)26-17-19-6-8-20(9-7-19)18-27-12-4-5-13-27/h6-11,16H,1-5,12-15,17-18H2,(H,26,29). The topological polar surface area (TPSA) is 69.7 Å². The molecule has 2 saturated heterocycles. The first-order chi connectivity index (χ1) is 15.4. The van der Waals surface area contributed by atoms with E-state index in [2.05, 4.69) is 22.3 Å². The summed E-state index contributed by atoms with van der Waals surface area (Å²) in [6, 6.07) is 12.6. The molecule has 0 unspecified atom stereocenters. The van der Waals surface area contributed by atoms with Crippen molar-refractivity contribution in [2.24, 2.45) is 0 Å². The highest BCUT2D eigenvalue weighted by atomic mass is 35.5. The van der Waals surface area contributed by atoms with E-state index >= 15 is 0 Å². The third-order valence-electron chi connectivity index (χ3n) is 6.22. The molecule has 8 heteroatoms. The second-order valence-electron chi connectivity index (χ2n) is 8.59. The summed E-state index contributed by atoms with van der Waals surface area (Å²) in [4.78, 5) is 15.3. The van der Waals surface area contributed by atoms with Crippen LogP contribution in [0.25, 0.3) is 0 Å². The fraction of sp³-hybridized carbons (Fsp3) is 0.458. The molecular formula is C24H30ClN3O3S. The molecule has 2 aromatic carbocycles. The molecule has 172 valence electrons. The zero-order valence-electron chi connectivity index (χ0n) is 18.2. The number of likely N-dealkylation sites (tertiary alicyclic amines) is 1. The Bertz CT molecular complexity index is 1040. The Hall–Kier alpha value is -1.93. The van der Waals surface area contributed by atoms with Crippen LogP contribution in [0.15, 0.2) is 47.4 Å². The van der Waals surface area contributed by atoms with E-state index in [1.54, 1.807) is 0 Å². The molecule has 0 saturated carbocycles. The van der Waals surface area contributed by atoms with Crippen LogP contribution >= 0.6 is 11.6 Å². The highest BCUT2D eigenvalue weighted by Crippen LogP contribution is 2.25. The van der Waals surface area contributed by atoms with Crippen LogP contribution in [-0.2, 0) is 23.1 Å². The number of carbonyl (C=O) groups is 1. The third kappa shape index (κ3) is 5.52. The highest BCUT2D eigenvalue weighted by molar-refractivity contribution is 7.89. The Balaban J connectivity index is 1.40. The summed E-state index contributed by atoms with van der Waals surface area (Å²) in [5, 5.41) is 3.10. The van der Waals surface area contributed by atoms with Gasteiger partial charge in [-0.25, -0.2) is 8.42 Å². The van der Waals surface area contributed by atoms with Gasteiger partial charge in [0.25, 0.3) is 5.91 Å². The molecule has 2 fully saturated rings. The molecule has 0 atom stereocenters. The molecule has 6 nitrogen and oxygen atoms in total. The molecule has 0 aliphatic carbocycles. The summed E-state index contributed by atoms with van der Waals surface area (Å²) < 4.78 is 27.4. The lowest BCUT2D eigenvalue weighted by Gasteiger charge is -2.26. The Kier molecular flexibility index (Phi) is 7.51. The number of hydrogen-bond donors (Lipinski definition) is 1. The number of rotatable bonds is 7. The van der Waals surface area contributed by atoms with E-state index in [4.69, 9.17) is 11.6 Å². The number of carbonyl (C=O) groups excluding carboxylic acids is 1. The van der Waals surface area contributed by atoms with Crippen molar-refractivity contribution >= 4 is 27.5 Å². The first-order valence-corrected chi connectivity index (χ1v) is 13.1. The van der Waals surface area contributed by atoms with Crippen molar-refractivity contribution in [1.29, 1.82) is 0 Å². The number of nitrogens with zero attached hydrogens (tertiary/aromatic N) is 2. The zero-order valence-corrected chi connectivity index (χ0v) is 19.8. The number of sulfonamides is 1. The van der Waals surface area contributed by atoms with Crippen LogP contribution < -0.4 is 5.32 Å². The van der Waals surface area contributed by atoms with Crippen LogP contribution in [0.5, 0.6) is 0 Å². The molecule has 2 aliphatic rings. The van der Waals surface area contributed by atoms with E-state index in [1.807, 2.05) is 12.1 Å². The molecule has 0 radical (unpaired) electrons. The van der Waals surface area contributed by atoms with Crippen LogP contribution in [0.4, 0.5) is 0 Å². The van der Waals surface area contributed by atoms with Gasteiger partial charge in [-0.05, 0) is 68.1 Å². The van der Waals surface area contributed by atoms with Gasteiger partial charge >= 0.3 is 0 Å². The number of amides is 1. The number of nitrogens with one attached hydrogen (secondary N) is 1. The van der Waals surface area contributed by atoms with Crippen molar-refractivity contribution in [3.63, 3.8) is 0 Å². The molecular weight excluding hydrogens is 446 g/mol. The predicted molar refractivity (Wildman–Crippen MR) is 126 cm³/mol. The van der Waals surface area contributed by atoms with E-state index in [0.29, 0.717) is 19.6 Å². The Morgan fingerprint density at radius 1 is 0.875 bits per heavy atom. The molecule has 0 bridgehead atoms. The smallest absolute Gasteiger partial charge is 0.253 e. The molecule has 0 spiro atoms. The summed E-state index contributed by atoms with van der Waals surface area (Å²) in [6.07, 6.45) is 5.30. The number of piperidine rings is 1. The van der Waals surface area contributed by atoms with Gasteiger partial charge in [-0.2, -0.15) is 4.31 Å². The lowest BCUT2D eigenvalue weighted by Crippen LogP contribution is -2.35. The second kappa shape index (κ2) is 10.3. The van der Waals surface area contributed by atoms with Crippen LogP contribution in [0.3, 0.4) is 0 Å². The number of benzene rings is 2. The maximum atomic E-state index is 13.0. The molecule has 1 N–H and O–H groups in total. The lowest BCUT2D eigenvalue weighted by molar-refractivity contribution is 0.0951. The fourth-order valence-corrected chi connectivity index (χ4v) is 6.08. The van der Waals surface area contributed by atoms with Gasteiger partial charge in [0.1, 0.15) is 0 Å². The van der Waals surface area contributed by atoms with Crippen molar-refractivity contribution in [2.75, 3.05) is 26.2 Å². The SMILES string of the molecule is O=C(NCc1ccc(CN2CCCC2)cc1)c1cc(S(=O)(=O)N2CCCCC2)ccc1Cl. The normalized spacial score (nSPS) is 18.0. The van der Waals surface area contributed by atoms with E-state index in [9.17, 15) is 13.2 Å². The molecule has 2 aromatic rings. The summed E-state index contributed by atoms with van der Waals surface area (Å²) in [5.41, 5.74) is 2.42. The molecule has 1 amide bonds. The van der Waals surface area contributed by atoms with Crippen molar-refractivity contribution in [2.45, 2.75) is 50.1 Å². The quantitative estimate of drug-likeness (QED) is 0.656. The van der Waals surface area contributed by atoms with E-state index in [-0.39, 0.29) is 21.4 Å². The molecule has 0 aromatic heterocycles. The molecule has 2 heterocycles. The summed E-state index contributed by atoms with van der Waals surface area (Å²) in [5.74, 6) is -0.383. The molecule has 4 rings (SSSR count). The number of halogens is 1. The van der Waals surface area contributed by atoms with Crippen molar-refractivity contribution < 1.29 is 13.2 Å². The van der Waals surface area contributed by atoms with E-state index in [0.717, 1.165) is 44.5 Å². The van der Waals surface area contributed by atoms with Crippen molar-refractivity contribution in [3.8, 4) is 0 Å². The van der Waals surface area contributed by atoms with Crippen LogP contribution in [-0.4, -0.2) is 49.7 Å². The number of hydrogen-bond acceptors (Lipinski definition) is 4. The highest BCUT2D eigenvalue weighted by Gasteiger charge is 2.27. The average molecular weight is 476 g/mol. The van der Waals surface area contributed by atoms with Gasteiger partial charge in [0, 0.05) is 26.2 Å². The fourth-order valence-electron chi connectivity index (χ4n) is 4.33. The van der Waals surface area contributed by atoms with Gasteiger partial charge < -0.3 is 5.32 Å².